The maximum atomic E-state index is 13.4. The van der Waals surface area contributed by atoms with Gasteiger partial charge in [0, 0.05) is 40.4 Å². The normalized spacial score (nSPS) is 16.6. The molecule has 0 aliphatic carbocycles. The van der Waals surface area contributed by atoms with Crippen LogP contribution in [0.2, 0.25) is 0 Å². The van der Waals surface area contributed by atoms with Crippen LogP contribution in [0.1, 0.15) is 192 Å². The predicted molar refractivity (Wildman–Crippen MR) is 393 cm³/mol. The molecule has 0 bridgehead atoms. The number of nitrogens with zero attached hydrogens (tertiary/aromatic N) is 3. The highest BCUT2D eigenvalue weighted by Crippen LogP contribution is 2.43. The van der Waals surface area contributed by atoms with Crippen molar-refractivity contribution in [2.45, 2.75) is 183 Å². The molecule has 7 aromatic carbocycles. The average molecular weight is 1410 g/mol. The number of hydrogen-bond acceptors (Lipinski definition) is 15. The summed E-state index contributed by atoms with van der Waals surface area (Å²) in [4.78, 5) is 36.3. The first-order chi connectivity index (χ1) is 47.4. The van der Waals surface area contributed by atoms with Gasteiger partial charge in [0.25, 0.3) is 30.1 Å². The lowest BCUT2D eigenvalue weighted by Gasteiger charge is -2.22. The van der Waals surface area contributed by atoms with Crippen LogP contribution in [0.3, 0.4) is 0 Å². The Labute approximate surface area is 588 Å². The Hall–Kier alpha value is -7.92. The summed E-state index contributed by atoms with van der Waals surface area (Å²) in [5, 5.41) is 10.8. The lowest BCUT2D eigenvalue weighted by Crippen LogP contribution is -2.26. The number of anilines is 3. The van der Waals surface area contributed by atoms with Crippen LogP contribution in [0.5, 0.6) is 5.75 Å². The first-order valence-electron chi connectivity index (χ1n) is 34.8. The van der Waals surface area contributed by atoms with Crippen molar-refractivity contribution in [1.82, 2.24) is 16.0 Å². The van der Waals surface area contributed by atoms with E-state index < -0.39 is 30.1 Å². The quantitative estimate of drug-likeness (QED) is 0.0235. The highest BCUT2D eigenvalue weighted by atomic mass is 32.2. The van der Waals surface area contributed by atoms with E-state index in [1.165, 1.54) is 12.9 Å². The van der Waals surface area contributed by atoms with Crippen molar-refractivity contribution < 1.29 is 53.8 Å². The van der Waals surface area contributed by atoms with Crippen LogP contribution in [0.15, 0.2) is 172 Å². The van der Waals surface area contributed by atoms with E-state index in [4.69, 9.17) is 14.2 Å². The van der Waals surface area contributed by atoms with Crippen molar-refractivity contribution in [3.63, 3.8) is 0 Å². The highest BCUT2D eigenvalue weighted by molar-refractivity contribution is 7.93. The fraction of sp³-hybridized carbons (Fsp3) is 0.423. The molecule has 0 saturated heterocycles. The molecule has 0 aromatic heterocycles. The lowest BCUT2D eigenvalue weighted by atomic mass is 9.96. The summed E-state index contributed by atoms with van der Waals surface area (Å²) in [6, 6.07) is 48.5. The largest absolute Gasteiger partial charge is 0.466 e. The Balaban J connectivity index is 0.000000189. The van der Waals surface area contributed by atoms with E-state index in [0.717, 1.165) is 153 Å². The minimum absolute atomic E-state index is 0.0660. The number of carbonyl (C=O) groups is 3. The first kappa shape index (κ1) is 76.8. The highest BCUT2D eigenvalue weighted by Gasteiger charge is 2.38. The van der Waals surface area contributed by atoms with Crippen LogP contribution in [-0.2, 0) is 53.9 Å². The van der Waals surface area contributed by atoms with E-state index in [1.54, 1.807) is 51.5 Å². The van der Waals surface area contributed by atoms with Crippen LogP contribution in [0, 0.1) is 20.8 Å². The van der Waals surface area contributed by atoms with Crippen LogP contribution in [0.4, 0.5) is 17.1 Å². The Bertz CT molecular complexity index is 4210. The average Bonchev–Trinajstić information content (AvgIpc) is 1.64. The van der Waals surface area contributed by atoms with Crippen molar-refractivity contribution in [2.24, 2.45) is 0 Å². The minimum Gasteiger partial charge on any atom is -0.466 e. The van der Waals surface area contributed by atoms with E-state index in [9.17, 15) is 39.6 Å². The van der Waals surface area contributed by atoms with Gasteiger partial charge in [0.15, 0.2) is 0 Å². The summed E-state index contributed by atoms with van der Waals surface area (Å²) in [6.07, 6.45) is 13.2. The van der Waals surface area contributed by atoms with Gasteiger partial charge in [-0.2, -0.15) is 0 Å². The molecule has 21 heteroatoms. The Morgan fingerprint density at radius 1 is 0.404 bits per heavy atom. The predicted octanol–water partition coefficient (Wildman–Crippen LogP) is 14.8. The minimum atomic E-state index is -3.65. The van der Waals surface area contributed by atoms with Gasteiger partial charge in [0.1, 0.15) is 5.75 Å². The molecular formula is C78H100N6O12S3. The molecular weight excluding hydrogens is 1310 g/mol. The van der Waals surface area contributed by atoms with Gasteiger partial charge in [0.05, 0.1) is 62.6 Å². The number of benzene rings is 7. The summed E-state index contributed by atoms with van der Waals surface area (Å²) in [5.41, 5.74) is 10.0. The number of sulfonamides is 3. The van der Waals surface area contributed by atoms with Gasteiger partial charge in [-0.1, -0.05) is 155 Å². The molecule has 3 N–H and O–H groups in total. The molecule has 10 rings (SSSR count). The van der Waals surface area contributed by atoms with Crippen LogP contribution >= 0.6 is 0 Å². The topological polar surface area (TPSA) is 227 Å². The standard InChI is InChI=1S/C28H32N2O4S.2C25H34N2O4S/c1-21-17-18-24-26(20-21)35(32,33)30(2)25-15-10-9-14-23(25)28(24)29-19-11-4-3-8-16-27(31)34-22-12-6-5-7-13-22;1-18(2)31-24(28)13-7-5-6-10-16-26-25-20-11-8-9-12-22(20)27(4)32(29,30)23-17-19(3)14-15-21(23)25;1-4-17-31-24(28)13-7-5-6-10-16-26-25-20-11-8-9-12-22(20)27(3)32(29,30)23-18-19(2)14-15-21(23)25/h5-7,9-10,12-15,17-18,20,28-29H,3-4,8,11,16,19H2,1-2H3;8-9,11-12,14-15,17-18,25-26H,5-7,10,13,16H2,1-4H3;8-9,11-12,14-15,18,25-26H,4-7,10,13,16-17H2,1-3H3. The zero-order chi connectivity index (χ0) is 71.3. The van der Waals surface area contributed by atoms with E-state index in [1.807, 2.05) is 169 Å². The van der Waals surface area contributed by atoms with Crippen molar-refractivity contribution in [3.8, 4) is 5.75 Å². The van der Waals surface area contributed by atoms with Crippen LogP contribution < -0.4 is 33.6 Å². The van der Waals surface area contributed by atoms with E-state index in [2.05, 4.69) is 16.0 Å². The zero-order valence-corrected chi connectivity index (χ0v) is 61.4. The number of rotatable bonds is 28. The van der Waals surface area contributed by atoms with E-state index >= 15 is 0 Å². The zero-order valence-electron chi connectivity index (χ0n) is 58.9. The third-order valence-electron chi connectivity index (χ3n) is 17.9. The summed E-state index contributed by atoms with van der Waals surface area (Å²) >= 11 is 0. The van der Waals surface area contributed by atoms with Gasteiger partial charge in [0.2, 0.25) is 0 Å². The fourth-order valence-corrected chi connectivity index (χ4v) is 17.2. The van der Waals surface area contributed by atoms with E-state index in [-0.39, 0.29) is 42.1 Å². The number of esters is 3. The number of nitrogens with one attached hydrogen (secondary N) is 3. The molecule has 0 saturated carbocycles. The number of hydrogen-bond donors (Lipinski definition) is 3. The maximum absolute atomic E-state index is 13.4. The van der Waals surface area contributed by atoms with Gasteiger partial charge in [-0.05, 0) is 198 Å². The van der Waals surface area contributed by atoms with Crippen LogP contribution in [-0.4, -0.2) is 96.6 Å². The smallest absolute Gasteiger partial charge is 0.311 e. The van der Waals surface area contributed by atoms with Crippen LogP contribution in [0.25, 0.3) is 0 Å². The van der Waals surface area contributed by atoms with Gasteiger partial charge in [-0.25, -0.2) is 25.3 Å². The van der Waals surface area contributed by atoms with Gasteiger partial charge in [-0.3, -0.25) is 27.3 Å². The van der Waals surface area contributed by atoms with Crippen molar-refractivity contribution in [1.29, 1.82) is 0 Å². The number of unbranched alkanes of at least 4 members (excludes halogenated alkanes) is 9. The number of para-hydroxylation sites is 4. The van der Waals surface area contributed by atoms with Crippen molar-refractivity contribution in [3.05, 3.63) is 208 Å². The number of carbonyl (C=O) groups excluding carboxylic acids is 3. The molecule has 3 aliphatic heterocycles. The molecule has 99 heavy (non-hydrogen) atoms. The maximum Gasteiger partial charge on any atom is 0.311 e. The summed E-state index contributed by atoms with van der Waals surface area (Å²) in [5.74, 6) is 0.123. The molecule has 0 spiro atoms. The van der Waals surface area contributed by atoms with Gasteiger partial charge >= 0.3 is 17.9 Å². The second-order valence-electron chi connectivity index (χ2n) is 25.9. The molecule has 18 nitrogen and oxygen atoms in total. The van der Waals surface area contributed by atoms with E-state index in [0.29, 0.717) is 63.4 Å². The monoisotopic (exact) mass is 1410 g/mol. The number of ether oxygens (including phenoxy) is 3. The first-order valence-corrected chi connectivity index (χ1v) is 39.1. The summed E-state index contributed by atoms with van der Waals surface area (Å²) < 4.78 is 99.7. The molecule has 3 atom stereocenters. The Kier molecular flexibility index (Phi) is 28.3. The van der Waals surface area contributed by atoms with Crippen molar-refractivity contribution in [2.75, 3.05) is 60.3 Å². The Morgan fingerprint density at radius 2 is 0.727 bits per heavy atom. The number of fused-ring (bicyclic) bond motifs is 6. The SMILES string of the molecule is CCCOC(=O)CCCCCCNC1c2ccccc2N(C)S(=O)(=O)c2cc(C)ccc21.Cc1ccc2c(c1)S(=O)(=O)N(C)c1ccccc1C2NCCCCCCC(=O)OC(C)C.Cc1ccc2c(c1)S(=O)(=O)N(C)c1ccccc1C2NCCCCCCC(=O)Oc1ccccc1. The van der Waals surface area contributed by atoms with Crippen molar-refractivity contribution >= 4 is 65.0 Å². The molecule has 3 aliphatic rings. The fourth-order valence-electron chi connectivity index (χ4n) is 12.6. The molecule has 532 valence electrons. The van der Waals surface area contributed by atoms with Gasteiger partial charge < -0.3 is 30.2 Å². The molecule has 3 heterocycles. The summed E-state index contributed by atoms with van der Waals surface area (Å²) in [7, 11) is -6.07. The van der Waals surface area contributed by atoms with Gasteiger partial charge in [-0.15, -0.1) is 0 Å². The third kappa shape index (κ3) is 20.2. The second-order valence-corrected chi connectivity index (χ2v) is 31.7. The molecule has 3 unspecified atom stereocenters. The number of aryl methyl sites for hydroxylation is 3. The molecule has 0 radical (unpaired) electrons. The molecule has 0 fully saturated rings. The lowest BCUT2D eigenvalue weighted by molar-refractivity contribution is -0.147. The Morgan fingerprint density at radius 3 is 1.08 bits per heavy atom. The molecule has 7 aromatic rings. The molecule has 0 amide bonds. The third-order valence-corrected chi connectivity index (χ3v) is 23.4. The summed E-state index contributed by atoms with van der Waals surface area (Å²) in [6.45, 7) is 14.2. The second kappa shape index (κ2) is 36.4.